The van der Waals surface area contributed by atoms with Crippen LogP contribution in [-0.4, -0.2) is 49.2 Å². The first-order valence-corrected chi connectivity index (χ1v) is 8.21. The Morgan fingerprint density at radius 1 is 1.12 bits per heavy atom. The molecular formula is C18H22N4O4. The molecule has 138 valence electrons. The van der Waals surface area contributed by atoms with Gasteiger partial charge in [0.05, 0.1) is 18.7 Å². The minimum Gasteiger partial charge on any atom is -0.462 e. The first kappa shape index (κ1) is 19.2. The normalized spacial score (nSPS) is 10.2. The Hall–Kier alpha value is -3.16. The SMILES string of the molecule is CCOC(=O)C(=CNc1ncnc2ccc(N(C)C)cc12)C(=O)OCC. The van der Waals surface area contributed by atoms with Crippen molar-refractivity contribution in [2.45, 2.75) is 13.8 Å². The smallest absolute Gasteiger partial charge is 0.347 e. The van der Waals surface area contributed by atoms with Gasteiger partial charge in [-0.05, 0) is 32.0 Å². The van der Waals surface area contributed by atoms with Crippen molar-refractivity contribution in [3.63, 3.8) is 0 Å². The molecule has 8 heteroatoms. The van der Waals surface area contributed by atoms with Gasteiger partial charge in [-0.25, -0.2) is 19.6 Å². The number of ether oxygens (including phenoxy) is 2. The number of hydrogen-bond donors (Lipinski definition) is 1. The Balaban J connectivity index is 2.40. The maximum atomic E-state index is 12.0. The van der Waals surface area contributed by atoms with Crippen LogP contribution >= 0.6 is 0 Å². The summed E-state index contributed by atoms with van der Waals surface area (Å²) in [6.45, 7) is 3.63. The molecule has 2 rings (SSSR count). The summed E-state index contributed by atoms with van der Waals surface area (Å²) in [4.78, 5) is 34.4. The molecule has 26 heavy (non-hydrogen) atoms. The van der Waals surface area contributed by atoms with E-state index in [1.807, 2.05) is 37.2 Å². The van der Waals surface area contributed by atoms with Gasteiger partial charge < -0.3 is 19.7 Å². The van der Waals surface area contributed by atoms with E-state index in [1.165, 1.54) is 12.5 Å². The van der Waals surface area contributed by atoms with Crippen LogP contribution in [0.1, 0.15) is 13.8 Å². The largest absolute Gasteiger partial charge is 0.462 e. The fraction of sp³-hybridized carbons (Fsp3) is 0.333. The number of fused-ring (bicyclic) bond motifs is 1. The summed E-state index contributed by atoms with van der Waals surface area (Å²) in [6, 6.07) is 5.73. The Labute approximate surface area is 151 Å². The summed E-state index contributed by atoms with van der Waals surface area (Å²) in [5.41, 5.74) is 1.47. The minimum absolute atomic E-state index is 0.151. The second-order valence-corrected chi connectivity index (χ2v) is 5.46. The molecule has 1 aromatic carbocycles. The lowest BCUT2D eigenvalue weighted by Gasteiger charge is -2.14. The average molecular weight is 358 g/mol. The van der Waals surface area contributed by atoms with Crippen LogP contribution in [0.25, 0.3) is 10.9 Å². The lowest BCUT2D eigenvalue weighted by molar-refractivity contribution is -0.146. The Bertz CT molecular complexity index is 813. The lowest BCUT2D eigenvalue weighted by Crippen LogP contribution is -2.19. The summed E-state index contributed by atoms with van der Waals surface area (Å²) < 4.78 is 9.82. The van der Waals surface area contributed by atoms with Gasteiger partial charge in [0.25, 0.3) is 0 Å². The zero-order valence-corrected chi connectivity index (χ0v) is 15.3. The zero-order valence-electron chi connectivity index (χ0n) is 15.3. The third kappa shape index (κ3) is 4.47. The molecule has 0 saturated carbocycles. The standard InChI is InChI=1S/C18H22N4O4/c1-5-25-17(23)14(18(24)26-6-2)10-19-16-13-9-12(22(3)4)7-8-15(13)20-11-21-16/h7-11H,5-6H2,1-4H3,(H,19,20,21). The molecule has 0 saturated heterocycles. The molecule has 0 atom stereocenters. The molecule has 1 N–H and O–H groups in total. The van der Waals surface area contributed by atoms with Crippen LogP contribution < -0.4 is 10.2 Å². The lowest BCUT2D eigenvalue weighted by atomic mass is 10.2. The molecule has 2 aromatic rings. The van der Waals surface area contributed by atoms with Gasteiger partial charge in [-0.1, -0.05) is 0 Å². The summed E-state index contributed by atoms with van der Waals surface area (Å²) >= 11 is 0. The van der Waals surface area contributed by atoms with Crippen LogP contribution in [0, 0.1) is 0 Å². The highest BCUT2D eigenvalue weighted by molar-refractivity contribution is 6.14. The van der Waals surface area contributed by atoms with Crippen molar-refractivity contribution < 1.29 is 19.1 Å². The van der Waals surface area contributed by atoms with E-state index in [1.54, 1.807) is 13.8 Å². The molecule has 0 spiro atoms. The third-order valence-electron chi connectivity index (χ3n) is 3.48. The Morgan fingerprint density at radius 3 is 2.35 bits per heavy atom. The van der Waals surface area contributed by atoms with Gasteiger partial charge >= 0.3 is 11.9 Å². The number of benzene rings is 1. The molecule has 1 aromatic heterocycles. The van der Waals surface area contributed by atoms with Gasteiger partial charge in [0.15, 0.2) is 5.57 Å². The molecule has 0 unspecified atom stereocenters. The topological polar surface area (TPSA) is 93.6 Å². The quantitative estimate of drug-likeness (QED) is 0.348. The monoisotopic (exact) mass is 358 g/mol. The van der Waals surface area contributed by atoms with Crippen molar-refractivity contribution in [2.24, 2.45) is 0 Å². The van der Waals surface area contributed by atoms with Crippen LogP contribution in [0.2, 0.25) is 0 Å². The van der Waals surface area contributed by atoms with E-state index in [2.05, 4.69) is 15.3 Å². The number of carbonyl (C=O) groups excluding carboxylic acids is 2. The number of aromatic nitrogens is 2. The van der Waals surface area contributed by atoms with E-state index >= 15 is 0 Å². The maximum absolute atomic E-state index is 12.0. The molecule has 0 amide bonds. The molecule has 0 fully saturated rings. The van der Waals surface area contributed by atoms with Crippen molar-refractivity contribution in [3.05, 3.63) is 36.3 Å². The van der Waals surface area contributed by atoms with E-state index in [-0.39, 0.29) is 18.8 Å². The first-order chi connectivity index (χ1) is 12.5. The number of esters is 2. The van der Waals surface area contributed by atoms with Crippen molar-refractivity contribution in [3.8, 4) is 0 Å². The Morgan fingerprint density at radius 2 is 1.77 bits per heavy atom. The van der Waals surface area contributed by atoms with E-state index in [4.69, 9.17) is 9.47 Å². The number of nitrogens with one attached hydrogen (secondary N) is 1. The van der Waals surface area contributed by atoms with Crippen molar-refractivity contribution in [1.29, 1.82) is 0 Å². The average Bonchev–Trinajstić information content (AvgIpc) is 2.62. The van der Waals surface area contributed by atoms with Crippen molar-refractivity contribution in [2.75, 3.05) is 37.5 Å². The highest BCUT2D eigenvalue weighted by atomic mass is 16.6. The van der Waals surface area contributed by atoms with E-state index in [9.17, 15) is 9.59 Å². The predicted octanol–water partition coefficient (Wildman–Crippen LogP) is 2.12. The number of hydrogen-bond acceptors (Lipinski definition) is 8. The highest BCUT2D eigenvalue weighted by Crippen LogP contribution is 2.24. The zero-order chi connectivity index (χ0) is 19.1. The third-order valence-corrected chi connectivity index (χ3v) is 3.48. The number of carbonyl (C=O) groups is 2. The fourth-order valence-corrected chi connectivity index (χ4v) is 2.20. The first-order valence-electron chi connectivity index (χ1n) is 8.21. The molecule has 1 heterocycles. The number of rotatable bonds is 7. The molecule has 8 nitrogen and oxygen atoms in total. The van der Waals surface area contributed by atoms with Crippen LogP contribution in [-0.2, 0) is 19.1 Å². The maximum Gasteiger partial charge on any atom is 0.347 e. The van der Waals surface area contributed by atoms with Crippen LogP contribution in [0.15, 0.2) is 36.3 Å². The van der Waals surface area contributed by atoms with Crippen LogP contribution in [0.4, 0.5) is 11.5 Å². The van der Waals surface area contributed by atoms with Crippen LogP contribution in [0.3, 0.4) is 0 Å². The van der Waals surface area contributed by atoms with Crippen LogP contribution in [0.5, 0.6) is 0 Å². The highest BCUT2D eigenvalue weighted by Gasteiger charge is 2.21. The second kappa shape index (κ2) is 8.80. The molecule has 0 bridgehead atoms. The van der Waals surface area contributed by atoms with Gasteiger partial charge in [0.2, 0.25) is 0 Å². The summed E-state index contributed by atoms with van der Waals surface area (Å²) in [7, 11) is 3.86. The van der Waals surface area contributed by atoms with Gasteiger partial charge in [0.1, 0.15) is 12.1 Å². The minimum atomic E-state index is -0.759. The van der Waals surface area contributed by atoms with Gasteiger partial charge in [0, 0.05) is 31.4 Å². The summed E-state index contributed by atoms with van der Waals surface area (Å²) in [5.74, 6) is -1.05. The molecule has 0 aliphatic rings. The van der Waals surface area contributed by atoms with Crippen molar-refractivity contribution in [1.82, 2.24) is 9.97 Å². The second-order valence-electron chi connectivity index (χ2n) is 5.46. The van der Waals surface area contributed by atoms with Gasteiger partial charge in [-0.3, -0.25) is 0 Å². The molecule has 0 radical (unpaired) electrons. The van der Waals surface area contributed by atoms with Gasteiger partial charge in [-0.2, -0.15) is 0 Å². The van der Waals surface area contributed by atoms with E-state index in [0.29, 0.717) is 5.82 Å². The van der Waals surface area contributed by atoms with Gasteiger partial charge in [-0.15, -0.1) is 0 Å². The molecule has 0 aliphatic carbocycles. The summed E-state index contributed by atoms with van der Waals surface area (Å²) in [6.07, 6.45) is 2.66. The molecule has 0 aliphatic heterocycles. The van der Waals surface area contributed by atoms with E-state index < -0.39 is 11.9 Å². The predicted molar refractivity (Wildman–Crippen MR) is 98.8 cm³/mol. The number of nitrogens with zero attached hydrogens (tertiary/aromatic N) is 3. The fourth-order valence-electron chi connectivity index (χ4n) is 2.20. The summed E-state index contributed by atoms with van der Waals surface area (Å²) in [5, 5.41) is 3.65. The van der Waals surface area contributed by atoms with E-state index in [0.717, 1.165) is 16.6 Å². The van der Waals surface area contributed by atoms with Crippen molar-refractivity contribution >= 4 is 34.3 Å². The molecular weight excluding hydrogens is 336 g/mol. The number of anilines is 2. The Kier molecular flexibility index (Phi) is 6.48.